The van der Waals surface area contributed by atoms with Gasteiger partial charge in [-0.2, -0.15) is 0 Å². The molecule has 0 atom stereocenters. The molecule has 1 aromatic carbocycles. The highest BCUT2D eigenvalue weighted by Gasteiger charge is 2.18. The fourth-order valence-corrected chi connectivity index (χ4v) is 5.39. The first kappa shape index (κ1) is 32.9. The molecule has 0 saturated carbocycles. The van der Waals surface area contributed by atoms with Crippen molar-refractivity contribution in [3.63, 3.8) is 0 Å². The molecule has 0 fully saturated rings. The number of aryl methyl sites for hydroxylation is 2. The van der Waals surface area contributed by atoms with E-state index in [1.165, 1.54) is 0 Å². The minimum atomic E-state index is -4.94. The lowest BCUT2D eigenvalue weighted by molar-refractivity contribution is -2.00. The van der Waals surface area contributed by atoms with Crippen LogP contribution >= 0.6 is 46.2 Å². The number of halogens is 2. The fraction of sp³-hybridized carbons (Fsp3) is 0.375. The van der Waals surface area contributed by atoms with Gasteiger partial charge in [0.1, 0.15) is 13.2 Å². The number of thioether (sulfide) groups is 2. The van der Waals surface area contributed by atoms with Crippen LogP contribution in [-0.4, -0.2) is 22.7 Å². The molecule has 14 nitrogen and oxygen atoms in total. The lowest BCUT2D eigenvalue weighted by Crippen LogP contribution is -2.68. The van der Waals surface area contributed by atoms with Crippen molar-refractivity contribution in [2.24, 2.45) is 14.1 Å². The van der Waals surface area contributed by atoms with Crippen LogP contribution in [0.25, 0.3) is 0 Å². The van der Waals surface area contributed by atoms with Crippen LogP contribution in [0, 0.1) is 20.5 Å². The lowest BCUT2D eigenvalue weighted by atomic mass is 10.3. The van der Waals surface area contributed by atoms with Crippen molar-refractivity contribution in [3.05, 3.63) is 34.3 Å². The summed E-state index contributed by atoms with van der Waals surface area (Å²) in [5.74, 6) is 1.42. The second-order valence-electron chi connectivity index (χ2n) is 5.96. The van der Waals surface area contributed by atoms with Crippen molar-refractivity contribution in [2.75, 3.05) is 12.5 Å². The fourth-order valence-electron chi connectivity index (χ4n) is 2.22. The maximum atomic E-state index is 8.49. The highest BCUT2D eigenvalue weighted by Crippen LogP contribution is 2.29. The molecule has 20 heteroatoms. The molecule has 2 aromatic heterocycles. The van der Waals surface area contributed by atoms with Crippen LogP contribution in [0.3, 0.4) is 0 Å². The molecule has 202 valence electrons. The van der Waals surface area contributed by atoms with Crippen LogP contribution in [0.2, 0.25) is 0 Å². The van der Waals surface area contributed by atoms with Gasteiger partial charge in [0.05, 0.1) is 0 Å². The molecule has 3 aromatic rings. The van der Waals surface area contributed by atoms with Crippen molar-refractivity contribution in [1.29, 1.82) is 0 Å². The van der Waals surface area contributed by atoms with Gasteiger partial charge in [0.25, 0.3) is 0 Å². The van der Waals surface area contributed by atoms with E-state index in [-0.39, 0.29) is 0 Å². The maximum Gasteiger partial charge on any atom is 0.323 e. The summed E-state index contributed by atoms with van der Waals surface area (Å²) < 4.78 is 85.9. The summed E-state index contributed by atoms with van der Waals surface area (Å²) in [4.78, 5) is 0. The number of ether oxygens (including phenoxy) is 2. The normalized spacial score (nSPS) is 11.2. The van der Waals surface area contributed by atoms with Gasteiger partial charge in [-0.3, -0.25) is 0 Å². The second-order valence-corrected chi connectivity index (χ2v) is 11.7. The Morgan fingerprint density at radius 3 is 1.28 bits per heavy atom. The predicted molar refractivity (Wildman–Crippen MR) is 105 cm³/mol. The largest absolute Gasteiger partial charge is 0.482 e. The van der Waals surface area contributed by atoms with Gasteiger partial charge in [0, 0.05) is 10.2 Å². The van der Waals surface area contributed by atoms with E-state index in [0.717, 1.165) is 18.7 Å². The molecule has 0 amide bonds. The second kappa shape index (κ2) is 15.3. The zero-order valence-electron chi connectivity index (χ0n) is 19.0. The topological polar surface area (TPSA) is 236 Å². The number of rotatable bonds is 8. The van der Waals surface area contributed by atoms with Crippen LogP contribution < -0.4 is 56.1 Å². The molecule has 3 rings (SSSR count). The number of hydrogen-bond acceptors (Lipinski definition) is 16. The van der Waals surface area contributed by atoms with Crippen molar-refractivity contribution < 1.29 is 76.6 Å². The molecule has 0 spiro atoms. The van der Waals surface area contributed by atoms with Gasteiger partial charge in [-0.25, -0.2) is 37.3 Å². The number of nitrogens with zero attached hydrogens (tertiary/aromatic N) is 4. The van der Waals surface area contributed by atoms with Gasteiger partial charge in [0.15, 0.2) is 25.6 Å². The van der Waals surface area contributed by atoms with E-state index >= 15 is 0 Å². The first-order chi connectivity index (χ1) is 16.6. The summed E-state index contributed by atoms with van der Waals surface area (Å²) in [5.41, 5.74) is 0. The van der Waals surface area contributed by atoms with E-state index in [0.29, 0.717) is 24.7 Å². The first-order valence-electron chi connectivity index (χ1n) is 8.98. The molecular formula is C16H20Cl2N4O10S4. The Balaban J connectivity index is 0.000000550. The van der Waals surface area contributed by atoms with Crippen molar-refractivity contribution in [3.8, 4) is 11.5 Å². The van der Waals surface area contributed by atoms with Crippen LogP contribution in [0.1, 0.15) is 10.0 Å². The molecule has 0 saturated heterocycles. The minimum Gasteiger partial charge on any atom is -0.482 e. The summed E-state index contributed by atoms with van der Waals surface area (Å²) in [7, 11) is -6.00. The summed E-state index contributed by atoms with van der Waals surface area (Å²) in [6.45, 7) is 0.838. The van der Waals surface area contributed by atoms with E-state index in [9.17, 15) is 0 Å². The molecule has 0 radical (unpaired) electrons. The van der Waals surface area contributed by atoms with Crippen molar-refractivity contribution >= 4 is 46.2 Å². The first-order valence-corrected chi connectivity index (χ1v) is 15.5. The smallest absolute Gasteiger partial charge is 0.323 e. The van der Waals surface area contributed by atoms with E-state index < -0.39 is 20.5 Å². The quantitative estimate of drug-likeness (QED) is 0.167. The van der Waals surface area contributed by atoms with Crippen molar-refractivity contribution in [1.82, 2.24) is 10.2 Å². The lowest BCUT2D eigenvalue weighted by Gasteiger charge is -2.17. The molecule has 2 heterocycles. The molecule has 0 aliphatic rings. The third-order valence-electron chi connectivity index (χ3n) is 3.36. The molecule has 36 heavy (non-hydrogen) atoms. The molecule has 0 aliphatic carbocycles. The summed E-state index contributed by atoms with van der Waals surface area (Å²) >= 11 is 6.64. The van der Waals surface area contributed by atoms with Crippen LogP contribution in [0.5, 0.6) is 11.5 Å². The zero-order valence-corrected chi connectivity index (χ0v) is 23.8. The molecular weight excluding hydrogens is 607 g/mol. The maximum absolute atomic E-state index is 8.49. The Hall–Kier alpha value is -1.10. The standard InChI is InChI=1S/C16H20N4O2S4.2ClHO4/c1-19-15(23-3)25-13(17-19)9-21-11-7-5-6-8-12(11)22-10-14-18-20(2)16(24-4)26-14;2*2-1(3,4)5/h5-8H,9-10H2,1-4H3;2*(H,2,3,4,5)/q+2;;/p-2. The van der Waals surface area contributed by atoms with Gasteiger partial charge in [0.2, 0.25) is 10.0 Å². The van der Waals surface area contributed by atoms with Crippen molar-refractivity contribution in [2.45, 2.75) is 21.9 Å². The van der Waals surface area contributed by atoms with Crippen LogP contribution in [-0.2, 0) is 27.3 Å². The Kier molecular flexibility index (Phi) is 14.0. The Morgan fingerprint density at radius 1 is 0.722 bits per heavy atom. The SMILES string of the molecule is CSc1sc(COc2ccccc2OCc2n[n+](C)c(SC)s2)n[n+]1C.[O-][Cl+3]([O-])([O-])[O-].[O-][Cl+3]([O-])([O-])[O-]. The van der Waals surface area contributed by atoms with Gasteiger partial charge in [-0.1, -0.05) is 21.5 Å². The van der Waals surface area contributed by atoms with Crippen LogP contribution in [0.15, 0.2) is 32.9 Å². The highest BCUT2D eigenvalue weighted by atomic mass is 35.7. The molecule has 0 aliphatic heterocycles. The van der Waals surface area contributed by atoms with Gasteiger partial charge in [-0.15, -0.1) is 20.5 Å². The van der Waals surface area contributed by atoms with Gasteiger partial charge >= 0.3 is 8.68 Å². The third kappa shape index (κ3) is 14.6. The number of benzene rings is 1. The Morgan fingerprint density at radius 2 is 1.03 bits per heavy atom. The van der Waals surface area contributed by atoms with E-state index in [2.05, 4.69) is 10.2 Å². The monoisotopic (exact) mass is 626 g/mol. The zero-order chi connectivity index (χ0) is 27.5. The predicted octanol–water partition coefficient (Wildman–Crippen LogP) is -6.66. The van der Waals surface area contributed by atoms with Gasteiger partial charge in [-0.05, 0) is 70.8 Å². The van der Waals surface area contributed by atoms with Gasteiger partial charge < -0.3 is 9.47 Å². The number of hydrogen-bond donors (Lipinski definition) is 0. The van der Waals surface area contributed by atoms with E-state index in [4.69, 9.17) is 46.7 Å². The van der Waals surface area contributed by atoms with E-state index in [1.54, 1.807) is 46.2 Å². The summed E-state index contributed by atoms with van der Waals surface area (Å²) in [5, 5.41) is 10.8. The highest BCUT2D eigenvalue weighted by molar-refractivity contribution is 8.00. The molecule has 0 bridgehead atoms. The average Bonchev–Trinajstić information content (AvgIpc) is 3.30. The molecule has 0 unspecified atom stereocenters. The minimum absolute atomic E-state index is 0.419. The number of aromatic nitrogens is 4. The number of para-hydroxylation sites is 2. The van der Waals surface area contributed by atoms with Crippen LogP contribution in [0.4, 0.5) is 0 Å². The molecule has 0 N–H and O–H groups in total. The summed E-state index contributed by atoms with van der Waals surface area (Å²) in [6.07, 6.45) is 4.09. The third-order valence-corrected chi connectivity index (χ3v) is 7.84. The Labute approximate surface area is 226 Å². The van der Waals surface area contributed by atoms with E-state index in [1.807, 2.05) is 60.2 Å². The summed E-state index contributed by atoms with van der Waals surface area (Å²) in [6, 6.07) is 7.69. The Bertz CT molecular complexity index is 983. The average molecular weight is 628 g/mol.